The molecule has 1 amide bonds. The molecule has 0 aliphatic carbocycles. The number of nitrogens with one attached hydrogen (secondary N) is 2. The van der Waals surface area contributed by atoms with Crippen LogP contribution in [0.1, 0.15) is 82.5 Å². The van der Waals surface area contributed by atoms with E-state index in [1.165, 1.54) is 10.9 Å². The highest BCUT2D eigenvalue weighted by Gasteiger charge is 2.49. The van der Waals surface area contributed by atoms with Crippen LogP contribution in [0.5, 0.6) is 0 Å². The van der Waals surface area contributed by atoms with Gasteiger partial charge in [0.05, 0.1) is 23.4 Å². The molecule has 0 spiro atoms. The SMILES string of the molecule is CCCCc1c(C2=NNC=CC2)[nH]c2cc3c(cc12)N(CCO)C(=O)C3(CCC)CCC. The van der Waals surface area contributed by atoms with Crippen LogP contribution in [0, 0.1) is 0 Å². The zero-order valence-corrected chi connectivity index (χ0v) is 19.6. The number of aliphatic hydroxyl groups is 1. The number of hydrazone groups is 1. The molecule has 6 heteroatoms. The molecule has 172 valence electrons. The van der Waals surface area contributed by atoms with Gasteiger partial charge in [-0.3, -0.25) is 10.2 Å². The van der Waals surface area contributed by atoms with E-state index < -0.39 is 5.41 Å². The number of nitrogens with zero attached hydrogens (tertiary/aromatic N) is 2. The molecule has 1 aromatic carbocycles. The number of allylic oxidation sites excluding steroid dienone is 1. The molecule has 3 heterocycles. The summed E-state index contributed by atoms with van der Waals surface area (Å²) in [6.45, 7) is 6.81. The first-order chi connectivity index (χ1) is 15.6. The molecular weight excluding hydrogens is 400 g/mol. The molecule has 2 aliphatic rings. The highest BCUT2D eigenvalue weighted by molar-refractivity contribution is 6.12. The molecule has 0 fully saturated rings. The van der Waals surface area contributed by atoms with Gasteiger partial charge in [-0.2, -0.15) is 5.10 Å². The zero-order chi connectivity index (χ0) is 22.7. The molecule has 3 N–H and O–H groups in total. The van der Waals surface area contributed by atoms with E-state index in [9.17, 15) is 9.90 Å². The number of β-amino-alcohol motifs (C(OH)–C–C–N with tert-alkyl or cyclic N) is 1. The van der Waals surface area contributed by atoms with Gasteiger partial charge in [0.25, 0.3) is 0 Å². The second kappa shape index (κ2) is 9.49. The van der Waals surface area contributed by atoms with Gasteiger partial charge in [-0.25, -0.2) is 0 Å². The number of benzene rings is 1. The fourth-order valence-corrected chi connectivity index (χ4v) is 5.56. The predicted octanol–water partition coefficient (Wildman–Crippen LogP) is 4.90. The number of carbonyl (C=O) groups excluding carboxylic acids is 1. The molecule has 1 aromatic heterocycles. The van der Waals surface area contributed by atoms with Gasteiger partial charge in [0.15, 0.2) is 0 Å². The lowest BCUT2D eigenvalue weighted by Gasteiger charge is -2.28. The summed E-state index contributed by atoms with van der Waals surface area (Å²) < 4.78 is 0. The lowest BCUT2D eigenvalue weighted by atomic mass is 9.74. The Bertz CT molecular complexity index is 1040. The Kier molecular flexibility index (Phi) is 6.70. The van der Waals surface area contributed by atoms with Crippen molar-refractivity contribution in [1.82, 2.24) is 10.4 Å². The number of H-pyrrole nitrogens is 1. The third-order valence-electron chi connectivity index (χ3n) is 6.93. The van der Waals surface area contributed by atoms with E-state index in [1.54, 1.807) is 0 Å². The average Bonchev–Trinajstić information content (AvgIpc) is 3.27. The monoisotopic (exact) mass is 436 g/mol. The van der Waals surface area contributed by atoms with Crippen LogP contribution in [0.15, 0.2) is 29.5 Å². The van der Waals surface area contributed by atoms with Gasteiger partial charge >= 0.3 is 0 Å². The predicted molar refractivity (Wildman–Crippen MR) is 131 cm³/mol. The maximum absolute atomic E-state index is 13.7. The Hall–Kier alpha value is -2.60. The van der Waals surface area contributed by atoms with Gasteiger partial charge in [0.2, 0.25) is 5.91 Å². The maximum Gasteiger partial charge on any atom is 0.237 e. The summed E-state index contributed by atoms with van der Waals surface area (Å²) in [5.74, 6) is 0.152. The van der Waals surface area contributed by atoms with Crippen molar-refractivity contribution in [2.45, 2.75) is 77.6 Å². The summed E-state index contributed by atoms with van der Waals surface area (Å²) in [7, 11) is 0. The number of hydrogen-bond donors (Lipinski definition) is 3. The van der Waals surface area contributed by atoms with Crippen molar-refractivity contribution in [1.29, 1.82) is 0 Å². The number of aliphatic hydroxyl groups excluding tert-OH is 1. The molecule has 32 heavy (non-hydrogen) atoms. The normalized spacial score (nSPS) is 17.1. The van der Waals surface area contributed by atoms with E-state index in [4.69, 9.17) is 0 Å². The summed E-state index contributed by atoms with van der Waals surface area (Å²) in [5.41, 5.74) is 9.07. The molecule has 2 aliphatic heterocycles. The number of amides is 1. The second-order valence-electron chi connectivity index (χ2n) is 9.05. The van der Waals surface area contributed by atoms with Crippen molar-refractivity contribution in [2.24, 2.45) is 5.10 Å². The quantitative estimate of drug-likeness (QED) is 0.496. The minimum Gasteiger partial charge on any atom is -0.395 e. The van der Waals surface area contributed by atoms with Gasteiger partial charge in [-0.1, -0.05) is 46.1 Å². The Morgan fingerprint density at radius 3 is 2.56 bits per heavy atom. The van der Waals surface area contributed by atoms with Gasteiger partial charge in [0.1, 0.15) is 0 Å². The number of carbonyl (C=O) groups is 1. The van der Waals surface area contributed by atoms with E-state index in [2.05, 4.69) is 54.5 Å². The van der Waals surface area contributed by atoms with E-state index in [1.807, 2.05) is 11.1 Å². The van der Waals surface area contributed by atoms with Crippen LogP contribution in [0.2, 0.25) is 0 Å². The maximum atomic E-state index is 13.7. The molecule has 0 bridgehead atoms. The first kappa shape index (κ1) is 22.6. The van der Waals surface area contributed by atoms with Crippen molar-refractivity contribution in [3.05, 3.63) is 41.2 Å². The highest BCUT2D eigenvalue weighted by atomic mass is 16.3. The number of fused-ring (bicyclic) bond motifs is 2. The van der Waals surface area contributed by atoms with E-state index in [-0.39, 0.29) is 12.5 Å². The average molecular weight is 437 g/mol. The lowest BCUT2D eigenvalue weighted by Crippen LogP contribution is -2.41. The Labute approximate surface area is 190 Å². The molecule has 0 radical (unpaired) electrons. The number of rotatable bonds is 10. The Morgan fingerprint density at radius 2 is 1.94 bits per heavy atom. The fourth-order valence-electron chi connectivity index (χ4n) is 5.56. The van der Waals surface area contributed by atoms with Gasteiger partial charge in [0, 0.05) is 35.8 Å². The number of aromatic amines is 1. The summed E-state index contributed by atoms with van der Waals surface area (Å²) in [4.78, 5) is 19.2. The van der Waals surface area contributed by atoms with Gasteiger partial charge < -0.3 is 15.0 Å². The number of anilines is 1. The zero-order valence-electron chi connectivity index (χ0n) is 19.6. The molecule has 4 rings (SSSR count). The van der Waals surface area contributed by atoms with Crippen molar-refractivity contribution in [3.63, 3.8) is 0 Å². The molecular formula is C26H36N4O2. The molecule has 0 saturated carbocycles. The van der Waals surface area contributed by atoms with Crippen molar-refractivity contribution < 1.29 is 9.90 Å². The second-order valence-corrected chi connectivity index (χ2v) is 9.05. The first-order valence-electron chi connectivity index (χ1n) is 12.2. The molecule has 0 atom stereocenters. The Balaban J connectivity index is 1.93. The number of hydrogen-bond acceptors (Lipinski definition) is 4. The van der Waals surface area contributed by atoms with Gasteiger partial charge in [-0.15, -0.1) is 0 Å². The lowest BCUT2D eigenvalue weighted by molar-refractivity contribution is -0.123. The minimum atomic E-state index is -0.496. The molecule has 0 saturated heterocycles. The summed E-state index contributed by atoms with van der Waals surface area (Å²) in [6, 6.07) is 4.42. The van der Waals surface area contributed by atoms with E-state index in [0.29, 0.717) is 6.54 Å². The molecule has 2 aromatic rings. The van der Waals surface area contributed by atoms with Crippen LogP contribution >= 0.6 is 0 Å². The topological polar surface area (TPSA) is 80.7 Å². The minimum absolute atomic E-state index is 0.0343. The van der Waals surface area contributed by atoms with E-state index >= 15 is 0 Å². The van der Waals surface area contributed by atoms with Crippen LogP contribution in [0.3, 0.4) is 0 Å². The first-order valence-corrected chi connectivity index (χ1v) is 12.2. The fraction of sp³-hybridized carbons (Fsp3) is 0.538. The summed E-state index contributed by atoms with van der Waals surface area (Å²) in [5, 5.41) is 15.4. The van der Waals surface area contributed by atoms with E-state index in [0.717, 1.165) is 79.5 Å². The van der Waals surface area contributed by atoms with Crippen molar-refractivity contribution in [2.75, 3.05) is 18.1 Å². The van der Waals surface area contributed by atoms with Crippen LogP contribution < -0.4 is 10.3 Å². The number of unbranched alkanes of at least 4 members (excludes halogenated alkanes) is 1. The number of aryl methyl sites for hydroxylation is 1. The van der Waals surface area contributed by atoms with Crippen LogP contribution in [0.4, 0.5) is 5.69 Å². The van der Waals surface area contributed by atoms with Crippen LogP contribution in [0.25, 0.3) is 10.9 Å². The highest BCUT2D eigenvalue weighted by Crippen LogP contribution is 2.49. The van der Waals surface area contributed by atoms with Crippen LogP contribution in [-0.2, 0) is 16.6 Å². The standard InChI is InChI=1S/C26H36N4O2/c1-4-7-9-18-19-16-23-20(17-22(19)28-24(18)21-10-8-13-27-29-21)26(11-5-2,12-6-3)25(32)30(23)14-15-31/h8,13,16-17,27-28,31H,4-7,9-12,14-15H2,1-3H3. The smallest absolute Gasteiger partial charge is 0.237 e. The third kappa shape index (κ3) is 3.64. The third-order valence-corrected chi connectivity index (χ3v) is 6.93. The summed E-state index contributed by atoms with van der Waals surface area (Å²) in [6.07, 6.45) is 11.5. The largest absolute Gasteiger partial charge is 0.395 e. The number of aromatic nitrogens is 1. The molecule has 0 unspecified atom stereocenters. The molecule has 6 nitrogen and oxygen atoms in total. The van der Waals surface area contributed by atoms with Crippen LogP contribution in [-0.4, -0.2) is 34.9 Å². The van der Waals surface area contributed by atoms with Gasteiger partial charge in [-0.05, 0) is 48.9 Å². The Morgan fingerprint density at radius 1 is 1.16 bits per heavy atom. The summed E-state index contributed by atoms with van der Waals surface area (Å²) >= 11 is 0. The van der Waals surface area contributed by atoms with Crippen molar-refractivity contribution >= 4 is 28.2 Å². The van der Waals surface area contributed by atoms with Crippen molar-refractivity contribution in [3.8, 4) is 0 Å².